The van der Waals surface area contributed by atoms with Crippen LogP contribution in [0.4, 0.5) is 11.6 Å². The van der Waals surface area contributed by atoms with E-state index in [1.54, 1.807) is 12.4 Å². The number of nitrogens with one attached hydrogen (secondary N) is 3. The molecule has 0 saturated heterocycles. The summed E-state index contributed by atoms with van der Waals surface area (Å²) in [6.07, 6.45) is 3.08. The van der Waals surface area contributed by atoms with Crippen LogP contribution < -0.4 is 16.4 Å². The number of benzene rings is 1. The average Bonchev–Trinajstić information content (AvgIpc) is 2.55. The SMILES string of the molecule is Br.O=c1[nH]c2cc([N+](=O)[O-])cc(CNc3ncc(Br)cn3)c2[nH]c1=O. The zero-order valence-electron chi connectivity index (χ0n) is 12.3. The first-order chi connectivity index (χ1) is 11.4. The molecule has 3 rings (SSSR count). The molecule has 0 aliphatic carbocycles. The lowest BCUT2D eigenvalue weighted by Crippen LogP contribution is -2.29. The Bertz CT molecular complexity index is 1050. The predicted molar refractivity (Wildman–Crippen MR) is 99.2 cm³/mol. The van der Waals surface area contributed by atoms with E-state index in [4.69, 9.17) is 0 Å². The van der Waals surface area contributed by atoms with Crippen LogP contribution in [0.3, 0.4) is 0 Å². The monoisotopic (exact) mass is 472 g/mol. The van der Waals surface area contributed by atoms with Gasteiger partial charge in [-0.2, -0.15) is 0 Å². The molecule has 0 fully saturated rings. The van der Waals surface area contributed by atoms with Gasteiger partial charge in [-0.15, -0.1) is 17.0 Å². The molecule has 0 spiro atoms. The Morgan fingerprint density at radius 3 is 2.44 bits per heavy atom. The van der Waals surface area contributed by atoms with Crippen LogP contribution in [0.5, 0.6) is 0 Å². The summed E-state index contributed by atoms with van der Waals surface area (Å²) in [5.41, 5.74) is -1.04. The van der Waals surface area contributed by atoms with Gasteiger partial charge in [0.1, 0.15) is 0 Å². The fourth-order valence-corrected chi connectivity index (χ4v) is 2.31. The highest BCUT2D eigenvalue weighted by Crippen LogP contribution is 2.22. The molecule has 10 nitrogen and oxygen atoms in total. The van der Waals surface area contributed by atoms with E-state index in [0.29, 0.717) is 21.5 Å². The summed E-state index contributed by atoms with van der Waals surface area (Å²) in [7, 11) is 0. The summed E-state index contributed by atoms with van der Waals surface area (Å²) in [5.74, 6) is 0.310. The zero-order valence-corrected chi connectivity index (χ0v) is 15.6. The second-order valence-corrected chi connectivity index (χ2v) is 5.69. The maximum Gasteiger partial charge on any atom is 0.314 e. The first-order valence-electron chi connectivity index (χ1n) is 6.59. The van der Waals surface area contributed by atoms with Gasteiger partial charge in [-0.3, -0.25) is 19.7 Å². The molecule has 0 aliphatic rings. The van der Waals surface area contributed by atoms with Crippen molar-refractivity contribution in [3.8, 4) is 0 Å². The number of nitrogens with zero attached hydrogens (tertiary/aromatic N) is 3. The van der Waals surface area contributed by atoms with E-state index in [1.165, 1.54) is 12.1 Å². The molecule has 0 bridgehead atoms. The number of hydrogen-bond donors (Lipinski definition) is 3. The quantitative estimate of drug-likeness (QED) is 0.297. The minimum atomic E-state index is -0.877. The number of H-pyrrole nitrogens is 2. The molecule has 2 heterocycles. The first kappa shape index (κ1) is 18.7. The predicted octanol–water partition coefficient (Wildman–Crippen LogP) is 1.87. The van der Waals surface area contributed by atoms with E-state index in [9.17, 15) is 19.7 Å². The van der Waals surface area contributed by atoms with Crippen molar-refractivity contribution in [1.82, 2.24) is 19.9 Å². The molecule has 0 amide bonds. The molecular formula is C13H10Br2N6O4. The first-order valence-corrected chi connectivity index (χ1v) is 7.38. The van der Waals surface area contributed by atoms with Crippen LogP contribution in [-0.2, 0) is 6.54 Å². The summed E-state index contributed by atoms with van der Waals surface area (Å²) in [6.45, 7) is 0.113. The number of halogens is 2. The topological polar surface area (TPSA) is 147 Å². The Hall–Kier alpha value is -2.60. The highest BCUT2D eigenvalue weighted by molar-refractivity contribution is 9.10. The van der Waals surface area contributed by atoms with Crippen LogP contribution in [0.1, 0.15) is 5.56 Å². The lowest BCUT2D eigenvalue weighted by atomic mass is 10.1. The number of aromatic nitrogens is 4. The van der Waals surface area contributed by atoms with Gasteiger partial charge >= 0.3 is 11.1 Å². The highest BCUT2D eigenvalue weighted by atomic mass is 79.9. The molecule has 3 N–H and O–H groups in total. The summed E-state index contributed by atoms with van der Waals surface area (Å²) in [4.78, 5) is 46.2. The van der Waals surface area contributed by atoms with Gasteiger partial charge in [0, 0.05) is 36.6 Å². The average molecular weight is 474 g/mol. The summed E-state index contributed by atoms with van der Waals surface area (Å²) < 4.78 is 0.704. The van der Waals surface area contributed by atoms with Crippen molar-refractivity contribution in [1.29, 1.82) is 0 Å². The Balaban J connectivity index is 0.00000225. The van der Waals surface area contributed by atoms with Crippen molar-refractivity contribution in [2.24, 2.45) is 0 Å². The minimum absolute atomic E-state index is 0. The van der Waals surface area contributed by atoms with Gasteiger partial charge in [-0.1, -0.05) is 0 Å². The van der Waals surface area contributed by atoms with Gasteiger partial charge < -0.3 is 15.3 Å². The number of aromatic amines is 2. The van der Waals surface area contributed by atoms with Crippen molar-refractivity contribution in [3.63, 3.8) is 0 Å². The van der Waals surface area contributed by atoms with Crippen molar-refractivity contribution >= 4 is 55.6 Å². The maximum atomic E-state index is 11.5. The van der Waals surface area contributed by atoms with E-state index >= 15 is 0 Å². The molecule has 1 aromatic carbocycles. The van der Waals surface area contributed by atoms with Crippen LogP contribution in [0.25, 0.3) is 11.0 Å². The second kappa shape index (κ2) is 7.53. The highest BCUT2D eigenvalue weighted by Gasteiger charge is 2.14. The van der Waals surface area contributed by atoms with E-state index in [2.05, 4.69) is 41.2 Å². The Kier molecular flexibility index (Phi) is 5.64. The Morgan fingerprint density at radius 2 is 1.80 bits per heavy atom. The number of rotatable bonds is 4. The van der Waals surface area contributed by atoms with Crippen molar-refractivity contribution in [2.45, 2.75) is 6.54 Å². The van der Waals surface area contributed by atoms with Crippen LogP contribution >= 0.6 is 32.9 Å². The zero-order chi connectivity index (χ0) is 17.3. The molecule has 2 aromatic heterocycles. The third-order valence-corrected chi connectivity index (χ3v) is 3.58. The van der Waals surface area contributed by atoms with E-state index in [1.807, 2.05) is 0 Å². The Morgan fingerprint density at radius 1 is 1.16 bits per heavy atom. The molecule has 0 radical (unpaired) electrons. The van der Waals surface area contributed by atoms with Gasteiger partial charge in [0.15, 0.2) is 0 Å². The second-order valence-electron chi connectivity index (χ2n) is 4.77. The normalized spacial score (nSPS) is 10.3. The fourth-order valence-electron chi connectivity index (χ4n) is 2.10. The molecular weight excluding hydrogens is 464 g/mol. The van der Waals surface area contributed by atoms with Crippen molar-refractivity contribution < 1.29 is 4.92 Å². The largest absolute Gasteiger partial charge is 0.350 e. The smallest absolute Gasteiger partial charge is 0.314 e. The van der Waals surface area contributed by atoms with Gasteiger partial charge in [0.05, 0.1) is 20.4 Å². The summed E-state index contributed by atoms with van der Waals surface area (Å²) in [6, 6.07) is 2.49. The van der Waals surface area contributed by atoms with E-state index < -0.39 is 16.0 Å². The maximum absolute atomic E-state index is 11.5. The number of non-ortho nitro benzene ring substituents is 1. The Labute approximate surface area is 157 Å². The number of anilines is 1. The number of nitro benzene ring substituents is 1. The molecule has 0 unspecified atom stereocenters. The third kappa shape index (κ3) is 4.09. The molecule has 3 aromatic rings. The molecule has 0 atom stereocenters. The third-order valence-electron chi connectivity index (χ3n) is 3.17. The molecule has 0 saturated carbocycles. The van der Waals surface area contributed by atoms with Gasteiger partial charge in [0.25, 0.3) is 5.69 Å². The van der Waals surface area contributed by atoms with E-state index in [0.717, 1.165) is 0 Å². The van der Waals surface area contributed by atoms with Gasteiger partial charge in [-0.25, -0.2) is 9.97 Å². The molecule has 0 aliphatic heterocycles. The fraction of sp³-hybridized carbons (Fsp3) is 0.0769. The number of fused-ring (bicyclic) bond motifs is 1. The lowest BCUT2D eigenvalue weighted by molar-refractivity contribution is -0.384. The standard InChI is InChI=1S/C13H9BrN6O4.BrH/c14-7-4-16-13(17-5-7)15-3-6-1-8(20(23)24)2-9-10(6)19-12(22)11(21)18-9;/h1-2,4-5H,3H2,(H,18,21)(H,19,22)(H,15,16,17);1H. The molecule has 130 valence electrons. The summed E-state index contributed by atoms with van der Waals surface area (Å²) >= 11 is 3.21. The van der Waals surface area contributed by atoms with Crippen LogP contribution in [0, 0.1) is 10.1 Å². The molecule has 12 heteroatoms. The van der Waals surface area contributed by atoms with Gasteiger partial charge in [-0.05, 0) is 15.9 Å². The molecule has 25 heavy (non-hydrogen) atoms. The van der Waals surface area contributed by atoms with Crippen molar-refractivity contribution in [3.05, 3.63) is 65.4 Å². The van der Waals surface area contributed by atoms with Crippen LogP contribution in [0.15, 0.2) is 38.6 Å². The number of hydrogen-bond acceptors (Lipinski definition) is 7. The van der Waals surface area contributed by atoms with Crippen molar-refractivity contribution in [2.75, 3.05) is 5.32 Å². The van der Waals surface area contributed by atoms with Crippen LogP contribution in [-0.4, -0.2) is 24.9 Å². The minimum Gasteiger partial charge on any atom is -0.350 e. The van der Waals surface area contributed by atoms with Crippen LogP contribution in [0.2, 0.25) is 0 Å². The van der Waals surface area contributed by atoms with E-state index in [-0.39, 0.29) is 34.7 Å². The number of nitro groups is 1. The van der Waals surface area contributed by atoms with Gasteiger partial charge in [0.2, 0.25) is 5.95 Å². The summed E-state index contributed by atoms with van der Waals surface area (Å²) in [5, 5.41) is 14.0. The lowest BCUT2D eigenvalue weighted by Gasteiger charge is -2.08.